The van der Waals surface area contributed by atoms with E-state index in [2.05, 4.69) is 88.9 Å². The van der Waals surface area contributed by atoms with Crippen LogP contribution in [-0.4, -0.2) is 16.5 Å². The summed E-state index contributed by atoms with van der Waals surface area (Å²) >= 11 is 3.82. The Kier molecular flexibility index (Phi) is 8.46. The average molecular weight is 669 g/mol. The second-order valence-electron chi connectivity index (χ2n) is 10.3. The first-order valence-corrected chi connectivity index (χ1v) is 15.0. The van der Waals surface area contributed by atoms with Crippen molar-refractivity contribution < 1.29 is 16.5 Å². The number of aromatic nitrogens is 4. The minimum absolute atomic E-state index is 0. The van der Waals surface area contributed by atoms with Crippen molar-refractivity contribution in [3.63, 3.8) is 0 Å². The van der Waals surface area contributed by atoms with Gasteiger partial charge in [0.15, 0.2) is 0 Å². The van der Waals surface area contributed by atoms with E-state index in [1.54, 1.807) is 0 Å². The summed E-state index contributed by atoms with van der Waals surface area (Å²) in [6.45, 7) is 3.04. The van der Waals surface area contributed by atoms with Crippen LogP contribution in [-0.2, 0) is 16.5 Å². The molecule has 43 heavy (non-hydrogen) atoms. The van der Waals surface area contributed by atoms with Gasteiger partial charge in [-0.05, 0) is 57.5 Å². The van der Waals surface area contributed by atoms with Crippen molar-refractivity contribution in [2.75, 3.05) is 11.9 Å². The maximum absolute atomic E-state index is 5.18. The number of hydrogen-bond acceptors (Lipinski definition) is 3. The van der Waals surface area contributed by atoms with Gasteiger partial charge < -0.3 is 15.3 Å². The Morgan fingerprint density at radius 1 is 0.605 bits per heavy atom. The van der Waals surface area contributed by atoms with E-state index in [-0.39, 0.29) is 16.5 Å². The molecule has 0 amide bonds. The molecular formula is C36H28BrN5Ni. The van der Waals surface area contributed by atoms with Crippen molar-refractivity contribution >= 4 is 68.0 Å². The van der Waals surface area contributed by atoms with E-state index in [0.717, 1.165) is 96.6 Å². The first-order valence-electron chi connectivity index (χ1n) is 14.3. The predicted molar refractivity (Wildman–Crippen MR) is 179 cm³/mol. The topological polar surface area (TPSA) is 66.0 Å². The molecule has 0 saturated carbocycles. The third-order valence-corrected chi connectivity index (χ3v) is 8.32. The summed E-state index contributed by atoms with van der Waals surface area (Å²) in [4.78, 5) is 20.5. The average Bonchev–Trinajstić information content (AvgIpc) is 3.85. The van der Waals surface area contributed by atoms with E-state index in [0.29, 0.717) is 0 Å². The molecule has 8 bridgehead atoms. The Morgan fingerprint density at radius 2 is 1.05 bits per heavy atom. The Labute approximate surface area is 269 Å². The monoisotopic (exact) mass is 667 g/mol. The first kappa shape index (κ1) is 28.9. The third-order valence-electron chi connectivity index (χ3n) is 7.50. The Morgan fingerprint density at radius 3 is 1.51 bits per heavy atom. The SMILES string of the molecule is CCCCNc1c2nc(c(-c3ccccc3)c3ccc([n-]3)c(Br)c3ccc([n-]3)c(-c3ccccc3)c3nc1C=C3)C=C2.[Ni+2]. The Balaban J connectivity index is 0.00000329. The van der Waals surface area contributed by atoms with Crippen LogP contribution in [0.3, 0.4) is 0 Å². The summed E-state index contributed by atoms with van der Waals surface area (Å²) in [5, 5.41) is 3.66. The molecule has 0 atom stereocenters. The number of unbranched alkanes of at least 4 members (excludes halogenated alkanes) is 1. The largest absolute Gasteiger partial charge is 2.00 e. The smallest absolute Gasteiger partial charge is 0.656 e. The number of anilines is 1. The fourth-order valence-electron chi connectivity index (χ4n) is 5.43. The van der Waals surface area contributed by atoms with Crippen molar-refractivity contribution in [3.8, 4) is 22.3 Å². The Hall–Kier alpha value is -4.19. The summed E-state index contributed by atoms with van der Waals surface area (Å²) in [5.74, 6) is 0. The summed E-state index contributed by atoms with van der Waals surface area (Å²) in [6.07, 6.45) is 10.5. The van der Waals surface area contributed by atoms with Gasteiger partial charge in [0.25, 0.3) is 0 Å². The number of nitrogens with zero attached hydrogens (tertiary/aromatic N) is 4. The standard InChI is InChI=1S/C36H28BrN5.Ni/c1-2-3-22-38-36-31-20-16-27(41-31)33(23-10-6-4-7-11-23)25-14-18-29(39-25)35(37)30-19-15-26(40-30)34(24-12-8-5-9-13-24)28-17-21-32(36)42-28;/h4-21,38H,2-3,22H2,1H3;/q-2;+2. The van der Waals surface area contributed by atoms with E-state index in [1.165, 1.54) is 0 Å². The molecule has 0 unspecified atom stereocenters. The number of fused-ring (bicyclic) bond motifs is 8. The van der Waals surface area contributed by atoms with Crippen molar-refractivity contribution in [1.82, 2.24) is 19.9 Å². The molecule has 0 saturated heterocycles. The van der Waals surface area contributed by atoms with E-state index in [4.69, 9.17) is 19.9 Å². The zero-order valence-electron chi connectivity index (χ0n) is 23.5. The minimum Gasteiger partial charge on any atom is -0.656 e. The molecule has 2 aliphatic heterocycles. The van der Waals surface area contributed by atoms with Crippen molar-refractivity contribution in [2.45, 2.75) is 19.8 Å². The fraction of sp³-hybridized carbons (Fsp3) is 0.111. The van der Waals surface area contributed by atoms with Gasteiger partial charge in [-0.25, -0.2) is 9.97 Å². The van der Waals surface area contributed by atoms with Crippen LogP contribution >= 0.6 is 15.9 Å². The molecule has 0 radical (unpaired) electrons. The predicted octanol–water partition coefficient (Wildman–Crippen LogP) is 9.22. The van der Waals surface area contributed by atoms with Gasteiger partial charge in [-0.3, -0.25) is 0 Å². The van der Waals surface area contributed by atoms with E-state index in [1.807, 2.05) is 48.5 Å². The second-order valence-corrected chi connectivity index (χ2v) is 11.1. The van der Waals surface area contributed by atoms with Crippen molar-refractivity contribution in [2.24, 2.45) is 0 Å². The van der Waals surface area contributed by atoms with Crippen LogP contribution in [0.25, 0.3) is 68.6 Å². The van der Waals surface area contributed by atoms with Gasteiger partial charge in [0.2, 0.25) is 0 Å². The number of hydrogen-bond donors (Lipinski definition) is 1. The van der Waals surface area contributed by atoms with Crippen molar-refractivity contribution in [3.05, 3.63) is 112 Å². The molecule has 2 aromatic carbocycles. The molecular weight excluding hydrogens is 641 g/mol. The maximum Gasteiger partial charge on any atom is 2.00 e. The number of nitrogens with one attached hydrogen (secondary N) is 1. The summed E-state index contributed by atoms with van der Waals surface area (Å²) in [7, 11) is 0. The van der Waals surface area contributed by atoms with Crippen LogP contribution < -0.4 is 15.3 Å². The number of benzene rings is 2. The van der Waals surface area contributed by atoms with Gasteiger partial charge in [0.1, 0.15) is 0 Å². The second kappa shape index (κ2) is 12.6. The maximum atomic E-state index is 5.18. The first-order chi connectivity index (χ1) is 20.7. The molecule has 7 heteroatoms. The third kappa shape index (κ3) is 5.63. The molecule has 214 valence electrons. The molecule has 5 aromatic rings. The molecule has 7 rings (SSSR count). The normalized spacial score (nSPS) is 11.9. The van der Waals surface area contributed by atoms with Gasteiger partial charge in [-0.2, -0.15) is 0 Å². The summed E-state index contributed by atoms with van der Waals surface area (Å²) < 4.78 is 0.843. The summed E-state index contributed by atoms with van der Waals surface area (Å²) in [6, 6.07) is 28.9. The van der Waals surface area contributed by atoms with Crippen LogP contribution in [0.1, 0.15) is 42.5 Å². The molecule has 3 aromatic heterocycles. The Bertz CT molecular complexity index is 1870. The molecule has 5 heterocycles. The van der Waals surface area contributed by atoms with Crippen LogP contribution in [0.2, 0.25) is 0 Å². The van der Waals surface area contributed by atoms with Gasteiger partial charge in [0, 0.05) is 6.54 Å². The van der Waals surface area contributed by atoms with Gasteiger partial charge in [0.05, 0.1) is 28.5 Å². The van der Waals surface area contributed by atoms with Crippen LogP contribution in [0.5, 0.6) is 0 Å². The van der Waals surface area contributed by atoms with E-state index >= 15 is 0 Å². The van der Waals surface area contributed by atoms with Crippen LogP contribution in [0, 0.1) is 0 Å². The quantitative estimate of drug-likeness (QED) is 0.141. The zero-order valence-corrected chi connectivity index (χ0v) is 26.1. The van der Waals surface area contributed by atoms with Gasteiger partial charge >= 0.3 is 16.5 Å². The molecule has 2 aliphatic rings. The van der Waals surface area contributed by atoms with Crippen molar-refractivity contribution in [1.29, 1.82) is 0 Å². The van der Waals surface area contributed by atoms with Gasteiger partial charge in [-0.15, -0.1) is 22.1 Å². The van der Waals surface area contributed by atoms with E-state index < -0.39 is 0 Å². The number of halogens is 1. The zero-order chi connectivity index (χ0) is 28.5. The molecule has 5 nitrogen and oxygen atoms in total. The molecule has 1 N–H and O–H groups in total. The van der Waals surface area contributed by atoms with Crippen LogP contribution in [0.15, 0.2) is 89.4 Å². The summed E-state index contributed by atoms with van der Waals surface area (Å²) in [5.41, 5.74) is 11.9. The minimum atomic E-state index is 0. The molecule has 0 spiro atoms. The van der Waals surface area contributed by atoms with E-state index in [9.17, 15) is 0 Å². The van der Waals surface area contributed by atoms with Gasteiger partial charge in [-0.1, -0.05) is 114 Å². The number of rotatable bonds is 6. The van der Waals surface area contributed by atoms with Crippen LogP contribution in [0.4, 0.5) is 5.69 Å². The fourth-order valence-corrected chi connectivity index (χ4v) is 5.87. The molecule has 0 fully saturated rings. The molecule has 0 aliphatic carbocycles.